The van der Waals surface area contributed by atoms with Crippen LogP contribution in [0.1, 0.15) is 16.8 Å². The second-order valence-corrected chi connectivity index (χ2v) is 5.18. The van der Waals surface area contributed by atoms with E-state index in [0.29, 0.717) is 11.3 Å². The fourth-order valence-corrected chi connectivity index (χ4v) is 2.30. The standard InChI is InChI=1S/C18H14BF2NO/c1-13-6-8-15(9-7-13)18(23-19(20)21)12-16-11-10-14-4-2-3-5-17(14)22-16/h2-12H,1H3/b18-12+. The molecule has 0 aliphatic carbocycles. The number of rotatable bonds is 4. The molecule has 0 aliphatic rings. The van der Waals surface area contributed by atoms with Gasteiger partial charge in [-0.1, -0.05) is 54.1 Å². The molecule has 0 spiro atoms. The Bertz CT molecular complexity index is 847. The third-order valence-corrected chi connectivity index (χ3v) is 3.45. The molecule has 0 bridgehead atoms. The van der Waals surface area contributed by atoms with Gasteiger partial charge in [0, 0.05) is 17.0 Å². The Morgan fingerprint density at radius 1 is 1.00 bits per heavy atom. The second-order valence-electron chi connectivity index (χ2n) is 5.18. The highest BCUT2D eigenvalue weighted by molar-refractivity contribution is 6.36. The monoisotopic (exact) mass is 309 g/mol. The van der Waals surface area contributed by atoms with E-state index in [0.717, 1.165) is 16.5 Å². The van der Waals surface area contributed by atoms with E-state index in [2.05, 4.69) is 9.64 Å². The number of para-hydroxylation sites is 1. The first-order valence-electron chi connectivity index (χ1n) is 7.21. The summed E-state index contributed by atoms with van der Waals surface area (Å²) in [6, 6.07) is 18.6. The predicted molar refractivity (Wildman–Crippen MR) is 89.8 cm³/mol. The highest BCUT2D eigenvalue weighted by Crippen LogP contribution is 2.22. The van der Waals surface area contributed by atoms with Crippen LogP contribution >= 0.6 is 0 Å². The van der Waals surface area contributed by atoms with Gasteiger partial charge in [0.05, 0.1) is 11.2 Å². The Morgan fingerprint density at radius 2 is 1.74 bits per heavy atom. The number of benzene rings is 2. The molecule has 5 heteroatoms. The SMILES string of the molecule is Cc1ccc(/C(=C\c2ccc3ccccc3n2)OB(F)F)cc1. The molecule has 0 saturated heterocycles. The van der Waals surface area contributed by atoms with Crippen molar-refractivity contribution in [2.75, 3.05) is 0 Å². The van der Waals surface area contributed by atoms with Crippen molar-refractivity contribution in [3.05, 3.63) is 77.5 Å². The Hall–Kier alpha value is -2.69. The lowest BCUT2D eigenvalue weighted by atomic mass is 10.1. The molecular weight excluding hydrogens is 295 g/mol. The highest BCUT2D eigenvalue weighted by atomic mass is 19.2. The van der Waals surface area contributed by atoms with E-state index >= 15 is 0 Å². The van der Waals surface area contributed by atoms with E-state index in [1.54, 1.807) is 18.2 Å². The van der Waals surface area contributed by atoms with Crippen LogP contribution in [0.15, 0.2) is 60.7 Å². The largest absolute Gasteiger partial charge is 0.796 e. The topological polar surface area (TPSA) is 22.1 Å². The first kappa shape index (κ1) is 15.2. The fraction of sp³-hybridized carbons (Fsp3) is 0.0556. The molecule has 2 nitrogen and oxygen atoms in total. The van der Waals surface area contributed by atoms with Gasteiger partial charge in [-0.25, -0.2) is 13.6 Å². The van der Waals surface area contributed by atoms with Gasteiger partial charge in [-0.2, -0.15) is 0 Å². The molecule has 0 radical (unpaired) electrons. The molecule has 23 heavy (non-hydrogen) atoms. The summed E-state index contributed by atoms with van der Waals surface area (Å²) in [4.78, 5) is 4.46. The molecule has 0 amide bonds. The number of hydrogen-bond acceptors (Lipinski definition) is 2. The number of nitrogens with zero attached hydrogens (tertiary/aromatic N) is 1. The Labute approximate surface area is 133 Å². The minimum absolute atomic E-state index is 0.0998. The summed E-state index contributed by atoms with van der Waals surface area (Å²) in [6.45, 7) is 1.94. The molecule has 0 N–H and O–H groups in total. The lowest BCUT2D eigenvalue weighted by molar-refractivity contribution is 0.398. The second kappa shape index (κ2) is 6.61. The van der Waals surface area contributed by atoms with Crippen molar-refractivity contribution in [1.29, 1.82) is 0 Å². The summed E-state index contributed by atoms with van der Waals surface area (Å²) in [6.07, 6.45) is 1.53. The van der Waals surface area contributed by atoms with Crippen LogP contribution in [0.2, 0.25) is 0 Å². The molecule has 114 valence electrons. The van der Waals surface area contributed by atoms with Crippen LogP contribution in [0.3, 0.4) is 0 Å². The minimum Gasteiger partial charge on any atom is -0.505 e. The average Bonchev–Trinajstić information content (AvgIpc) is 2.54. The minimum atomic E-state index is -2.89. The maximum Gasteiger partial charge on any atom is 0.796 e. The Morgan fingerprint density at radius 3 is 2.48 bits per heavy atom. The number of hydrogen-bond donors (Lipinski definition) is 0. The van der Waals surface area contributed by atoms with Gasteiger partial charge in [0.25, 0.3) is 0 Å². The smallest absolute Gasteiger partial charge is 0.505 e. The quantitative estimate of drug-likeness (QED) is 0.501. The fourth-order valence-electron chi connectivity index (χ4n) is 2.30. The van der Waals surface area contributed by atoms with Crippen molar-refractivity contribution < 1.29 is 13.3 Å². The molecule has 2 aromatic carbocycles. The van der Waals surface area contributed by atoms with Crippen LogP contribution < -0.4 is 0 Å². The molecule has 0 unspecified atom stereocenters. The third kappa shape index (κ3) is 3.75. The summed E-state index contributed by atoms with van der Waals surface area (Å²) >= 11 is 0. The number of pyridine rings is 1. The molecular formula is C18H14BF2NO. The summed E-state index contributed by atoms with van der Waals surface area (Å²) < 4.78 is 30.1. The first-order chi connectivity index (χ1) is 11.1. The predicted octanol–water partition coefficient (Wildman–Crippen LogP) is 4.98. The van der Waals surface area contributed by atoms with Gasteiger partial charge in [-0.05, 0) is 19.1 Å². The number of fused-ring (bicyclic) bond motifs is 1. The number of aryl methyl sites for hydroxylation is 1. The maximum absolute atomic E-state index is 12.7. The summed E-state index contributed by atoms with van der Waals surface area (Å²) in [7, 11) is -2.89. The van der Waals surface area contributed by atoms with Gasteiger partial charge in [-0.3, -0.25) is 0 Å². The molecule has 3 aromatic rings. The van der Waals surface area contributed by atoms with E-state index in [1.807, 2.05) is 49.4 Å². The lowest BCUT2D eigenvalue weighted by Crippen LogP contribution is -2.04. The van der Waals surface area contributed by atoms with Crippen LogP contribution in [0.4, 0.5) is 8.63 Å². The van der Waals surface area contributed by atoms with Gasteiger partial charge in [0.15, 0.2) is 0 Å². The van der Waals surface area contributed by atoms with E-state index in [4.69, 9.17) is 0 Å². The zero-order valence-corrected chi connectivity index (χ0v) is 12.5. The number of halogens is 2. The summed E-state index contributed by atoms with van der Waals surface area (Å²) in [5.41, 5.74) is 3.02. The van der Waals surface area contributed by atoms with Crippen molar-refractivity contribution in [2.45, 2.75) is 6.92 Å². The summed E-state index contributed by atoms with van der Waals surface area (Å²) in [5, 5.41) is 0.997. The molecule has 1 aromatic heterocycles. The maximum atomic E-state index is 12.7. The van der Waals surface area contributed by atoms with Crippen molar-refractivity contribution in [3.63, 3.8) is 0 Å². The zero-order valence-electron chi connectivity index (χ0n) is 12.5. The van der Waals surface area contributed by atoms with Crippen LogP contribution in [0.5, 0.6) is 0 Å². The van der Waals surface area contributed by atoms with E-state index < -0.39 is 7.47 Å². The molecule has 1 heterocycles. The van der Waals surface area contributed by atoms with E-state index in [-0.39, 0.29) is 5.76 Å². The average molecular weight is 309 g/mol. The van der Waals surface area contributed by atoms with Crippen molar-refractivity contribution in [3.8, 4) is 0 Å². The highest BCUT2D eigenvalue weighted by Gasteiger charge is 2.20. The molecule has 0 aliphatic heterocycles. The van der Waals surface area contributed by atoms with Crippen LogP contribution in [-0.2, 0) is 4.65 Å². The van der Waals surface area contributed by atoms with Crippen molar-refractivity contribution in [1.82, 2.24) is 4.98 Å². The molecule has 0 fully saturated rings. The first-order valence-corrected chi connectivity index (χ1v) is 7.21. The molecule has 0 atom stereocenters. The Kier molecular flexibility index (Phi) is 4.37. The van der Waals surface area contributed by atoms with Gasteiger partial charge in [-0.15, -0.1) is 0 Å². The lowest BCUT2D eigenvalue weighted by Gasteiger charge is -2.09. The van der Waals surface area contributed by atoms with Crippen molar-refractivity contribution >= 4 is 30.2 Å². The third-order valence-electron chi connectivity index (χ3n) is 3.45. The van der Waals surface area contributed by atoms with Gasteiger partial charge in [0.2, 0.25) is 0 Å². The summed E-state index contributed by atoms with van der Waals surface area (Å²) in [5.74, 6) is 0.0998. The van der Waals surface area contributed by atoms with E-state index in [9.17, 15) is 8.63 Å². The van der Waals surface area contributed by atoms with Gasteiger partial charge in [0.1, 0.15) is 5.76 Å². The van der Waals surface area contributed by atoms with Crippen LogP contribution in [-0.4, -0.2) is 12.5 Å². The van der Waals surface area contributed by atoms with Crippen LogP contribution in [0, 0.1) is 6.92 Å². The van der Waals surface area contributed by atoms with E-state index in [1.165, 1.54) is 6.08 Å². The zero-order chi connectivity index (χ0) is 16.2. The Balaban J connectivity index is 2.02. The van der Waals surface area contributed by atoms with Gasteiger partial charge >= 0.3 is 7.47 Å². The van der Waals surface area contributed by atoms with Crippen LogP contribution in [0.25, 0.3) is 22.7 Å². The normalized spacial score (nSPS) is 11.5. The molecule has 0 saturated carbocycles. The van der Waals surface area contributed by atoms with Gasteiger partial charge < -0.3 is 4.65 Å². The van der Waals surface area contributed by atoms with Crippen molar-refractivity contribution in [2.24, 2.45) is 0 Å². The molecule has 3 rings (SSSR count). The number of aromatic nitrogens is 1.